The minimum Gasteiger partial charge on any atom is -0.476 e. The summed E-state index contributed by atoms with van der Waals surface area (Å²) in [6.45, 7) is 3.92. The van der Waals surface area contributed by atoms with Crippen molar-refractivity contribution in [1.82, 2.24) is 9.38 Å². The number of halogens is 1. The third-order valence-corrected chi connectivity index (χ3v) is 3.51. The molecule has 0 amide bonds. The van der Waals surface area contributed by atoms with Crippen LogP contribution in [0.3, 0.4) is 0 Å². The minimum atomic E-state index is -1.25. The number of pyridine rings is 1. The van der Waals surface area contributed by atoms with E-state index < -0.39 is 11.8 Å². The third kappa shape index (κ3) is 2.80. The van der Waals surface area contributed by atoms with Crippen molar-refractivity contribution < 1.29 is 14.3 Å². The molecule has 1 aromatic carbocycles. The Balaban J connectivity index is 2.12. The fraction of sp³-hybridized carbons (Fsp3) is 0.125. The Bertz CT molecular complexity index is 947. The molecule has 0 aliphatic carbocycles. The van der Waals surface area contributed by atoms with E-state index in [4.69, 9.17) is 0 Å². The highest BCUT2D eigenvalue weighted by molar-refractivity contribution is 5.91. The first-order valence-electron chi connectivity index (χ1n) is 6.85. The van der Waals surface area contributed by atoms with Crippen molar-refractivity contribution in [2.75, 3.05) is 0 Å². The van der Waals surface area contributed by atoms with Gasteiger partial charge in [0.1, 0.15) is 11.5 Å². The molecule has 3 rings (SSSR count). The number of hydrogen-bond acceptors (Lipinski definition) is 4. The lowest BCUT2D eigenvalue weighted by Gasteiger charge is -2.00. The summed E-state index contributed by atoms with van der Waals surface area (Å²) < 4.78 is 14.7. The van der Waals surface area contributed by atoms with Gasteiger partial charge in [-0.25, -0.2) is 14.2 Å². The van der Waals surface area contributed by atoms with Crippen LogP contribution in [0.4, 0.5) is 15.9 Å². The summed E-state index contributed by atoms with van der Waals surface area (Å²) in [6, 6.07) is 8.10. The number of nitrogens with zero attached hydrogens (tertiary/aromatic N) is 4. The monoisotopic (exact) mass is 312 g/mol. The lowest BCUT2D eigenvalue weighted by atomic mass is 10.1. The lowest BCUT2D eigenvalue weighted by molar-refractivity contribution is 0.0692. The standard InChI is InChI=1S/C16H13FN4O2/c1-9-3-5-12(7-10(9)2)19-20-15-14(16(22)23)18-13-6-4-11(17)8-21(13)15/h3-8H,1-2H3,(H,22,23). The molecule has 0 unspecified atom stereocenters. The summed E-state index contributed by atoms with van der Waals surface area (Å²) in [4.78, 5) is 15.3. The summed E-state index contributed by atoms with van der Waals surface area (Å²) >= 11 is 0. The van der Waals surface area contributed by atoms with Crippen LogP contribution < -0.4 is 0 Å². The fourth-order valence-corrected chi connectivity index (χ4v) is 2.14. The molecule has 0 radical (unpaired) electrons. The number of carbonyl (C=O) groups is 1. The first-order valence-corrected chi connectivity index (χ1v) is 6.85. The van der Waals surface area contributed by atoms with Gasteiger partial charge in [-0.05, 0) is 49.2 Å². The lowest BCUT2D eigenvalue weighted by Crippen LogP contribution is -1.96. The second-order valence-electron chi connectivity index (χ2n) is 5.13. The average Bonchev–Trinajstić information content (AvgIpc) is 2.86. The van der Waals surface area contributed by atoms with Crippen molar-refractivity contribution in [3.8, 4) is 0 Å². The molecule has 3 aromatic rings. The number of aromatic carboxylic acids is 1. The van der Waals surface area contributed by atoms with E-state index in [1.807, 2.05) is 26.0 Å². The Kier molecular flexibility index (Phi) is 3.61. The Hall–Kier alpha value is -3.09. The summed E-state index contributed by atoms with van der Waals surface area (Å²) in [5.41, 5.74) is 2.76. The third-order valence-electron chi connectivity index (χ3n) is 3.51. The van der Waals surface area contributed by atoms with Gasteiger partial charge in [0.25, 0.3) is 0 Å². The van der Waals surface area contributed by atoms with E-state index in [2.05, 4.69) is 15.2 Å². The van der Waals surface area contributed by atoms with E-state index in [0.29, 0.717) is 5.69 Å². The molecule has 0 saturated carbocycles. The van der Waals surface area contributed by atoms with Gasteiger partial charge in [-0.15, -0.1) is 10.2 Å². The number of imidazole rings is 1. The van der Waals surface area contributed by atoms with Gasteiger partial charge in [-0.3, -0.25) is 4.40 Å². The highest BCUT2D eigenvalue weighted by Gasteiger charge is 2.18. The number of aryl methyl sites for hydroxylation is 2. The zero-order valence-electron chi connectivity index (χ0n) is 12.5. The van der Waals surface area contributed by atoms with Crippen molar-refractivity contribution in [3.05, 3.63) is 59.2 Å². The van der Waals surface area contributed by atoms with Crippen molar-refractivity contribution in [1.29, 1.82) is 0 Å². The predicted octanol–water partition coefficient (Wildman–Crippen LogP) is 4.20. The van der Waals surface area contributed by atoms with Crippen LogP contribution in [0.2, 0.25) is 0 Å². The van der Waals surface area contributed by atoms with Gasteiger partial charge in [0.05, 0.1) is 5.69 Å². The number of carboxylic acids is 1. The zero-order chi connectivity index (χ0) is 16.6. The molecule has 2 aromatic heterocycles. The molecule has 0 aliphatic rings. The molecule has 7 heteroatoms. The number of fused-ring (bicyclic) bond motifs is 1. The van der Waals surface area contributed by atoms with Gasteiger partial charge in [0.15, 0.2) is 11.5 Å². The van der Waals surface area contributed by atoms with Gasteiger partial charge in [-0.2, -0.15) is 0 Å². The van der Waals surface area contributed by atoms with E-state index in [-0.39, 0.29) is 17.2 Å². The molecular weight excluding hydrogens is 299 g/mol. The SMILES string of the molecule is Cc1ccc(N=Nc2c(C(=O)O)nc3ccc(F)cn23)cc1C. The molecule has 0 bridgehead atoms. The molecule has 116 valence electrons. The molecule has 0 spiro atoms. The van der Waals surface area contributed by atoms with Crippen molar-refractivity contribution in [3.63, 3.8) is 0 Å². The van der Waals surface area contributed by atoms with E-state index in [1.165, 1.54) is 16.5 Å². The highest BCUT2D eigenvalue weighted by atomic mass is 19.1. The molecule has 1 N–H and O–H groups in total. The largest absolute Gasteiger partial charge is 0.476 e. The van der Waals surface area contributed by atoms with Gasteiger partial charge in [-0.1, -0.05) is 6.07 Å². The van der Waals surface area contributed by atoms with Gasteiger partial charge in [0.2, 0.25) is 0 Å². The normalized spacial score (nSPS) is 11.4. The van der Waals surface area contributed by atoms with E-state index >= 15 is 0 Å². The molecule has 6 nitrogen and oxygen atoms in total. The number of rotatable bonds is 3. The Morgan fingerprint density at radius 3 is 2.65 bits per heavy atom. The summed E-state index contributed by atoms with van der Waals surface area (Å²) in [7, 11) is 0. The average molecular weight is 312 g/mol. The van der Waals surface area contributed by atoms with Crippen molar-refractivity contribution >= 4 is 23.1 Å². The summed E-state index contributed by atoms with van der Waals surface area (Å²) in [5, 5.41) is 17.3. The maximum Gasteiger partial charge on any atom is 0.358 e. The predicted molar refractivity (Wildman–Crippen MR) is 82.2 cm³/mol. The van der Waals surface area contributed by atoms with Crippen LogP contribution >= 0.6 is 0 Å². The maximum absolute atomic E-state index is 13.4. The molecule has 0 saturated heterocycles. The molecule has 0 atom stereocenters. The first-order chi connectivity index (χ1) is 11.0. The van der Waals surface area contributed by atoms with Crippen LogP contribution in [0.25, 0.3) is 5.65 Å². The molecular formula is C16H13FN4O2. The number of azo groups is 1. The van der Waals surface area contributed by atoms with E-state index in [1.54, 1.807) is 6.07 Å². The van der Waals surface area contributed by atoms with Crippen molar-refractivity contribution in [2.45, 2.75) is 13.8 Å². The Morgan fingerprint density at radius 2 is 1.96 bits per heavy atom. The molecule has 0 fully saturated rings. The summed E-state index contributed by atoms with van der Waals surface area (Å²) in [5.74, 6) is -1.79. The van der Waals surface area contributed by atoms with Crippen LogP contribution in [0, 0.1) is 19.7 Å². The van der Waals surface area contributed by atoms with Crippen molar-refractivity contribution in [2.24, 2.45) is 10.2 Å². The van der Waals surface area contributed by atoms with E-state index in [9.17, 15) is 14.3 Å². The quantitative estimate of drug-likeness (QED) is 0.736. The highest BCUT2D eigenvalue weighted by Crippen LogP contribution is 2.25. The van der Waals surface area contributed by atoms with Crippen LogP contribution in [0.1, 0.15) is 21.6 Å². The number of aromatic nitrogens is 2. The topological polar surface area (TPSA) is 79.3 Å². The summed E-state index contributed by atoms with van der Waals surface area (Å²) in [6.07, 6.45) is 1.13. The van der Waals surface area contributed by atoms with Crippen LogP contribution in [-0.4, -0.2) is 20.5 Å². The van der Waals surface area contributed by atoms with Gasteiger partial charge >= 0.3 is 5.97 Å². The van der Waals surface area contributed by atoms with Crippen LogP contribution in [0.5, 0.6) is 0 Å². The molecule has 23 heavy (non-hydrogen) atoms. The number of carboxylic acid groups (broad SMARTS) is 1. The number of benzene rings is 1. The second-order valence-corrected chi connectivity index (χ2v) is 5.13. The van der Waals surface area contributed by atoms with Gasteiger partial charge in [0, 0.05) is 6.20 Å². The molecule has 0 aliphatic heterocycles. The maximum atomic E-state index is 13.4. The minimum absolute atomic E-state index is 0.0229. The van der Waals surface area contributed by atoms with Crippen LogP contribution in [0.15, 0.2) is 46.8 Å². The first kappa shape index (κ1) is 14.8. The molecule has 2 heterocycles. The Morgan fingerprint density at radius 1 is 1.17 bits per heavy atom. The van der Waals surface area contributed by atoms with E-state index in [0.717, 1.165) is 17.3 Å². The zero-order valence-corrected chi connectivity index (χ0v) is 12.5. The Labute approximate surface area is 130 Å². The van der Waals surface area contributed by atoms with Crippen LogP contribution in [-0.2, 0) is 0 Å². The number of hydrogen-bond donors (Lipinski definition) is 1. The van der Waals surface area contributed by atoms with Gasteiger partial charge < -0.3 is 5.11 Å². The smallest absolute Gasteiger partial charge is 0.358 e. The second kappa shape index (κ2) is 5.60. The fourth-order valence-electron chi connectivity index (χ4n) is 2.14.